The first-order valence-electron chi connectivity index (χ1n) is 24.7. The molecular weight excluding hydrogens is 835 g/mol. The van der Waals surface area contributed by atoms with Crippen molar-refractivity contribution in [2.45, 2.75) is 43.9 Å². The van der Waals surface area contributed by atoms with Gasteiger partial charge >= 0.3 is 0 Å². The van der Waals surface area contributed by atoms with E-state index in [2.05, 4.69) is 242 Å². The molecule has 330 valence electrons. The summed E-state index contributed by atoms with van der Waals surface area (Å²) in [5, 5.41) is 1.22. The molecule has 4 aliphatic rings. The van der Waals surface area contributed by atoms with Crippen LogP contribution in [-0.2, 0) is 11.8 Å². The van der Waals surface area contributed by atoms with Gasteiger partial charge in [-0.3, -0.25) is 0 Å². The number of hydrogen-bond donors (Lipinski definition) is 0. The number of fused-ring (bicyclic) bond motifs is 6. The number of aryl methyl sites for hydroxylation is 1. The minimum atomic E-state index is -0.575. The van der Waals surface area contributed by atoms with Crippen LogP contribution in [0.3, 0.4) is 0 Å². The van der Waals surface area contributed by atoms with E-state index in [9.17, 15) is 0 Å². The Balaban J connectivity index is 1.02. The highest BCUT2D eigenvalue weighted by Crippen LogP contribution is 2.61. The molecule has 0 bridgehead atoms. The number of nitrogens with zero attached hydrogens (tertiary/aromatic N) is 1. The second-order valence-corrected chi connectivity index (χ2v) is 18.8. The molecule has 0 radical (unpaired) electrons. The Morgan fingerprint density at radius 2 is 1.13 bits per heavy atom. The summed E-state index contributed by atoms with van der Waals surface area (Å²) in [5.41, 5.74) is 22.9. The second-order valence-electron chi connectivity index (χ2n) is 18.8. The number of allylic oxidation sites excluding steroid dienone is 9. The Morgan fingerprint density at radius 3 is 1.93 bits per heavy atom. The number of hydrogen-bond acceptors (Lipinski definition) is 2. The maximum absolute atomic E-state index is 6.59. The van der Waals surface area contributed by atoms with Crippen LogP contribution >= 0.6 is 0 Å². The van der Waals surface area contributed by atoms with E-state index in [1.165, 1.54) is 83.3 Å². The fourth-order valence-corrected chi connectivity index (χ4v) is 11.8. The number of furan rings is 1. The van der Waals surface area contributed by atoms with Gasteiger partial charge in [-0.25, -0.2) is 0 Å². The Bertz CT molecular complexity index is 3580. The normalized spacial score (nSPS) is 17.0. The minimum absolute atomic E-state index is 0.575. The zero-order chi connectivity index (χ0) is 45.7. The molecule has 0 N–H and O–H groups in total. The van der Waals surface area contributed by atoms with E-state index in [1.807, 2.05) is 0 Å². The molecule has 0 aliphatic heterocycles. The van der Waals surface area contributed by atoms with Crippen LogP contribution in [0.25, 0.3) is 49.9 Å². The van der Waals surface area contributed by atoms with Crippen LogP contribution in [-0.4, -0.2) is 0 Å². The van der Waals surface area contributed by atoms with Gasteiger partial charge in [0, 0.05) is 33.5 Å². The standard InChI is InChI=1S/C67H51NO/c1-4-18-46(19-5-1)49-36-40-55(41-37-49)68(56-42-38-50(39-43-56)57-30-16-31-59-58-28-11-13-35-64(58)69-66(57)59)63-34-17-33-62-65(63)60-29-10-12-32-61(60)67(62,53-26-14-24-51(44-53)47-20-6-2-7-21-47)54-27-15-25-52(45-54)48-22-8-3-9-23-48/h1-8,10-13,15,17-22,25-30,32-45H,9,14,16,23-24,31H2. The van der Waals surface area contributed by atoms with E-state index in [4.69, 9.17) is 4.42 Å². The molecule has 69 heavy (non-hydrogen) atoms. The molecule has 2 heteroatoms. The lowest BCUT2D eigenvalue weighted by Gasteiger charge is -2.37. The maximum Gasteiger partial charge on any atom is 0.138 e. The van der Waals surface area contributed by atoms with E-state index >= 15 is 0 Å². The highest BCUT2D eigenvalue weighted by atomic mass is 16.3. The molecule has 1 aromatic heterocycles. The molecule has 0 saturated heterocycles. The molecule has 8 aromatic carbocycles. The van der Waals surface area contributed by atoms with Gasteiger partial charge in [0.05, 0.1) is 11.1 Å². The number of para-hydroxylation sites is 1. The fraction of sp³-hybridized carbons (Fsp3) is 0.104. The van der Waals surface area contributed by atoms with Gasteiger partial charge in [0.1, 0.15) is 11.3 Å². The van der Waals surface area contributed by atoms with Crippen LogP contribution in [0.1, 0.15) is 76.8 Å². The summed E-state index contributed by atoms with van der Waals surface area (Å²) in [7, 11) is 0. The smallest absolute Gasteiger partial charge is 0.138 e. The SMILES string of the molecule is C1=CCCC(c2cccc(C3(C4=CCCC(c5ccccc5)=C4)c4ccccc4-c4c(N(c5ccc(C6=CCCc7c6oc6ccccc76)cc5)c5ccc(-c6ccccc6)cc5)cccc43)c2)=C1. The molecule has 2 nitrogen and oxygen atoms in total. The Morgan fingerprint density at radius 1 is 0.478 bits per heavy atom. The first-order valence-corrected chi connectivity index (χ1v) is 24.7. The molecular formula is C67H51NO. The van der Waals surface area contributed by atoms with Crippen molar-refractivity contribution in [2.75, 3.05) is 4.90 Å². The molecule has 0 amide bonds. The molecule has 9 aromatic rings. The average molecular weight is 886 g/mol. The number of anilines is 3. The third kappa shape index (κ3) is 6.93. The summed E-state index contributed by atoms with van der Waals surface area (Å²) < 4.78 is 6.59. The number of rotatable bonds is 9. The molecule has 0 spiro atoms. The van der Waals surface area contributed by atoms with Crippen LogP contribution < -0.4 is 4.90 Å². The van der Waals surface area contributed by atoms with Crippen molar-refractivity contribution >= 4 is 44.8 Å². The lowest BCUT2D eigenvalue weighted by Crippen LogP contribution is -2.30. The van der Waals surface area contributed by atoms with Gasteiger partial charge < -0.3 is 9.32 Å². The summed E-state index contributed by atoms with van der Waals surface area (Å²) in [6, 6.07) is 74.2. The summed E-state index contributed by atoms with van der Waals surface area (Å²) in [6.45, 7) is 0. The van der Waals surface area contributed by atoms with Gasteiger partial charge in [-0.2, -0.15) is 0 Å². The predicted octanol–water partition coefficient (Wildman–Crippen LogP) is 17.8. The van der Waals surface area contributed by atoms with Gasteiger partial charge in [0.2, 0.25) is 0 Å². The zero-order valence-corrected chi connectivity index (χ0v) is 38.6. The van der Waals surface area contributed by atoms with Crippen molar-refractivity contribution in [1.29, 1.82) is 0 Å². The molecule has 4 aliphatic carbocycles. The van der Waals surface area contributed by atoms with Gasteiger partial charge in [-0.1, -0.05) is 194 Å². The van der Waals surface area contributed by atoms with Crippen molar-refractivity contribution in [2.24, 2.45) is 0 Å². The van der Waals surface area contributed by atoms with Gasteiger partial charge in [0.15, 0.2) is 0 Å². The zero-order valence-electron chi connectivity index (χ0n) is 38.6. The minimum Gasteiger partial charge on any atom is -0.456 e. The summed E-state index contributed by atoms with van der Waals surface area (Å²) in [5.74, 6) is 0.999. The molecule has 13 rings (SSSR count). The van der Waals surface area contributed by atoms with Crippen molar-refractivity contribution in [3.63, 3.8) is 0 Å². The van der Waals surface area contributed by atoms with Crippen molar-refractivity contribution in [3.05, 3.63) is 287 Å². The van der Waals surface area contributed by atoms with E-state index in [1.54, 1.807) is 0 Å². The van der Waals surface area contributed by atoms with Gasteiger partial charge in [0.25, 0.3) is 0 Å². The molecule has 0 saturated carbocycles. The van der Waals surface area contributed by atoms with Crippen LogP contribution in [0, 0.1) is 0 Å². The van der Waals surface area contributed by atoms with Gasteiger partial charge in [-0.05, 0) is 148 Å². The topological polar surface area (TPSA) is 16.4 Å². The number of benzene rings is 8. The van der Waals surface area contributed by atoms with E-state index in [0.717, 1.165) is 72.5 Å². The van der Waals surface area contributed by atoms with E-state index < -0.39 is 5.41 Å². The maximum atomic E-state index is 6.59. The van der Waals surface area contributed by atoms with E-state index in [-0.39, 0.29) is 0 Å². The molecule has 1 unspecified atom stereocenters. The second kappa shape index (κ2) is 17.1. The average Bonchev–Trinajstić information content (AvgIpc) is 3.97. The third-order valence-electron chi connectivity index (χ3n) is 15.0. The largest absolute Gasteiger partial charge is 0.456 e. The van der Waals surface area contributed by atoms with Crippen LogP contribution in [0.5, 0.6) is 0 Å². The van der Waals surface area contributed by atoms with Crippen LogP contribution in [0.4, 0.5) is 17.1 Å². The summed E-state index contributed by atoms with van der Waals surface area (Å²) in [4.78, 5) is 2.49. The Labute approximate surface area is 405 Å². The molecule has 1 heterocycles. The lowest BCUT2D eigenvalue weighted by atomic mass is 9.65. The third-order valence-corrected chi connectivity index (χ3v) is 15.0. The lowest BCUT2D eigenvalue weighted by molar-refractivity contribution is 0.591. The Hall–Kier alpha value is -8.20. The Kier molecular flexibility index (Phi) is 10.2. The highest BCUT2D eigenvalue weighted by molar-refractivity contribution is 5.99. The molecule has 0 fully saturated rings. The van der Waals surface area contributed by atoms with Crippen LogP contribution in [0.15, 0.2) is 247 Å². The van der Waals surface area contributed by atoms with E-state index in [0.29, 0.717) is 0 Å². The van der Waals surface area contributed by atoms with Crippen LogP contribution in [0.2, 0.25) is 0 Å². The quantitative estimate of drug-likeness (QED) is 0.144. The van der Waals surface area contributed by atoms with Crippen molar-refractivity contribution in [3.8, 4) is 22.3 Å². The summed E-state index contributed by atoms with van der Waals surface area (Å²) in [6.07, 6.45) is 20.3. The van der Waals surface area contributed by atoms with Crippen molar-refractivity contribution in [1.82, 2.24) is 0 Å². The predicted molar refractivity (Wildman–Crippen MR) is 288 cm³/mol. The first kappa shape index (κ1) is 41.0. The molecule has 1 atom stereocenters. The fourth-order valence-electron chi connectivity index (χ4n) is 11.8. The van der Waals surface area contributed by atoms with Crippen molar-refractivity contribution < 1.29 is 4.42 Å². The highest BCUT2D eigenvalue weighted by Gasteiger charge is 2.48. The van der Waals surface area contributed by atoms with Gasteiger partial charge in [-0.15, -0.1) is 0 Å². The first-order chi connectivity index (χ1) is 34.2. The monoisotopic (exact) mass is 885 g/mol. The summed E-state index contributed by atoms with van der Waals surface area (Å²) >= 11 is 0.